The summed E-state index contributed by atoms with van der Waals surface area (Å²) in [6.45, 7) is 1.06. The highest BCUT2D eigenvalue weighted by molar-refractivity contribution is 7.88. The van der Waals surface area contributed by atoms with E-state index < -0.39 is 21.7 Å². The summed E-state index contributed by atoms with van der Waals surface area (Å²) in [6.07, 6.45) is 2.34. The van der Waals surface area contributed by atoms with Gasteiger partial charge in [0.15, 0.2) is 0 Å². The molecule has 1 heterocycles. The van der Waals surface area contributed by atoms with Crippen LogP contribution in [0.3, 0.4) is 0 Å². The van der Waals surface area contributed by atoms with Gasteiger partial charge in [-0.25, -0.2) is 17.5 Å². The third-order valence-electron chi connectivity index (χ3n) is 4.03. The minimum Gasteiger partial charge on any atom is -0.351 e. The molecule has 0 saturated carbocycles. The Morgan fingerprint density at radius 1 is 1.31 bits per heavy atom. The number of nitrogens with zero attached hydrogens (tertiary/aromatic N) is 1. The van der Waals surface area contributed by atoms with Crippen LogP contribution in [-0.2, 0) is 14.8 Å². The lowest BCUT2D eigenvalue weighted by molar-refractivity contribution is -0.132. The Balaban J connectivity index is 1.75. The summed E-state index contributed by atoms with van der Waals surface area (Å²) in [7, 11) is -3.25. The monoisotopic (exact) mass is 405 g/mol. The van der Waals surface area contributed by atoms with E-state index in [-0.39, 0.29) is 35.5 Å². The van der Waals surface area contributed by atoms with Gasteiger partial charge in [-0.05, 0) is 31.0 Å². The molecule has 1 aromatic rings. The van der Waals surface area contributed by atoms with Crippen LogP contribution in [0.2, 0.25) is 5.02 Å². The largest absolute Gasteiger partial charge is 0.351 e. The van der Waals surface area contributed by atoms with Crippen molar-refractivity contribution in [3.05, 3.63) is 34.6 Å². The normalized spacial score (nSPS) is 15.7. The summed E-state index contributed by atoms with van der Waals surface area (Å²) in [5.41, 5.74) is 0.146. The molecule has 0 aliphatic carbocycles. The summed E-state index contributed by atoms with van der Waals surface area (Å²) in [5.74, 6) is -1.12. The highest BCUT2D eigenvalue weighted by Crippen LogP contribution is 2.17. The molecule has 1 aliphatic rings. The van der Waals surface area contributed by atoms with Crippen LogP contribution >= 0.6 is 11.6 Å². The van der Waals surface area contributed by atoms with Crippen LogP contribution in [0.5, 0.6) is 0 Å². The number of carbonyl (C=O) groups is 2. The summed E-state index contributed by atoms with van der Waals surface area (Å²) < 4.78 is 38.0. The Bertz CT molecular complexity index is 780. The quantitative estimate of drug-likeness (QED) is 0.741. The Morgan fingerprint density at radius 3 is 2.54 bits per heavy atom. The van der Waals surface area contributed by atoms with Gasteiger partial charge >= 0.3 is 0 Å². The fraction of sp³-hybridized carbons (Fsp3) is 0.500. The zero-order valence-corrected chi connectivity index (χ0v) is 15.9. The maximum absolute atomic E-state index is 13.0. The van der Waals surface area contributed by atoms with E-state index in [0.29, 0.717) is 25.9 Å². The van der Waals surface area contributed by atoms with Gasteiger partial charge in [-0.15, -0.1) is 0 Å². The first kappa shape index (κ1) is 20.6. The fourth-order valence-corrected chi connectivity index (χ4v) is 3.85. The molecular formula is C16H21ClFN3O4S. The maximum Gasteiger partial charge on any atom is 0.252 e. The van der Waals surface area contributed by atoms with Crippen LogP contribution in [-0.4, -0.2) is 57.1 Å². The molecule has 2 rings (SSSR count). The number of likely N-dealkylation sites (tertiary alicyclic amines) is 1. The molecule has 2 N–H and O–H groups in total. The van der Waals surface area contributed by atoms with Gasteiger partial charge in [-0.1, -0.05) is 11.6 Å². The number of halogens is 2. The highest BCUT2D eigenvalue weighted by Gasteiger charge is 2.24. The first-order chi connectivity index (χ1) is 12.2. The van der Waals surface area contributed by atoms with Crippen LogP contribution in [0.1, 0.15) is 29.6 Å². The Morgan fingerprint density at radius 2 is 1.96 bits per heavy atom. The average Bonchev–Trinajstić information content (AvgIpc) is 2.53. The van der Waals surface area contributed by atoms with E-state index in [1.54, 1.807) is 4.90 Å². The Labute approximate surface area is 156 Å². The zero-order chi connectivity index (χ0) is 19.3. The SMILES string of the molecule is CS(=O)(=O)NC1CCN(C(=O)CCNC(=O)c2ccc(F)cc2Cl)CC1. The number of benzene rings is 1. The molecule has 7 nitrogen and oxygen atoms in total. The lowest BCUT2D eigenvalue weighted by atomic mass is 10.1. The minimum atomic E-state index is -3.25. The third-order valence-corrected chi connectivity index (χ3v) is 5.10. The van der Waals surface area contributed by atoms with Gasteiger partial charge in [0.1, 0.15) is 5.82 Å². The number of carbonyl (C=O) groups excluding carboxylic acids is 2. The first-order valence-corrected chi connectivity index (χ1v) is 10.4. The average molecular weight is 406 g/mol. The maximum atomic E-state index is 13.0. The van der Waals surface area contributed by atoms with Gasteiger partial charge in [0, 0.05) is 32.1 Å². The van der Waals surface area contributed by atoms with Gasteiger partial charge in [0.25, 0.3) is 5.91 Å². The fourth-order valence-electron chi connectivity index (χ4n) is 2.76. The molecule has 0 spiro atoms. The van der Waals surface area contributed by atoms with E-state index in [1.807, 2.05) is 0 Å². The van der Waals surface area contributed by atoms with Crippen molar-refractivity contribution >= 4 is 33.4 Å². The smallest absolute Gasteiger partial charge is 0.252 e. The zero-order valence-electron chi connectivity index (χ0n) is 14.3. The number of sulfonamides is 1. The number of amides is 2. The summed E-state index contributed by atoms with van der Waals surface area (Å²) in [6, 6.07) is 3.32. The van der Waals surface area contributed by atoms with Crippen LogP contribution in [0.15, 0.2) is 18.2 Å². The molecular weight excluding hydrogens is 385 g/mol. The van der Waals surface area contributed by atoms with E-state index >= 15 is 0 Å². The minimum absolute atomic E-state index is 0.00859. The second-order valence-corrected chi connectivity index (χ2v) is 8.36. The highest BCUT2D eigenvalue weighted by atomic mass is 35.5. The molecule has 1 aliphatic heterocycles. The standard InChI is InChI=1S/C16H21ClFN3O4S/c1-26(24,25)20-12-5-8-21(9-6-12)15(22)4-7-19-16(23)13-3-2-11(18)10-14(13)17/h2-3,10,12,20H,4-9H2,1H3,(H,19,23). The molecule has 0 aromatic heterocycles. The number of nitrogens with one attached hydrogen (secondary N) is 2. The molecule has 26 heavy (non-hydrogen) atoms. The van der Waals surface area contributed by atoms with Crippen molar-refractivity contribution in [3.63, 3.8) is 0 Å². The molecule has 0 radical (unpaired) electrons. The van der Waals surface area contributed by atoms with Crippen molar-refractivity contribution in [3.8, 4) is 0 Å². The lowest BCUT2D eigenvalue weighted by Crippen LogP contribution is -2.46. The van der Waals surface area contributed by atoms with Crippen LogP contribution in [0.25, 0.3) is 0 Å². The summed E-state index contributed by atoms with van der Waals surface area (Å²) in [5, 5.41) is 2.59. The van der Waals surface area contributed by atoms with Crippen molar-refractivity contribution in [2.24, 2.45) is 0 Å². The van der Waals surface area contributed by atoms with Gasteiger partial charge in [0.05, 0.1) is 16.8 Å². The van der Waals surface area contributed by atoms with Crippen molar-refractivity contribution in [2.45, 2.75) is 25.3 Å². The molecule has 1 saturated heterocycles. The van der Waals surface area contributed by atoms with Gasteiger partial charge in [-0.3, -0.25) is 9.59 Å². The number of piperidine rings is 1. The Hall–Kier alpha value is -1.71. The molecule has 0 unspecified atom stereocenters. The van der Waals surface area contributed by atoms with Gasteiger partial charge in [-0.2, -0.15) is 0 Å². The van der Waals surface area contributed by atoms with E-state index in [1.165, 1.54) is 6.07 Å². The van der Waals surface area contributed by atoms with Gasteiger partial charge < -0.3 is 10.2 Å². The molecule has 0 bridgehead atoms. The predicted octanol–water partition coefficient (Wildman–Crippen LogP) is 1.14. The van der Waals surface area contributed by atoms with Crippen molar-refractivity contribution < 1.29 is 22.4 Å². The first-order valence-electron chi connectivity index (χ1n) is 8.14. The molecule has 2 amide bonds. The lowest BCUT2D eigenvalue weighted by Gasteiger charge is -2.32. The van der Waals surface area contributed by atoms with Gasteiger partial charge in [0.2, 0.25) is 15.9 Å². The number of hydrogen-bond acceptors (Lipinski definition) is 4. The van der Waals surface area contributed by atoms with E-state index in [2.05, 4.69) is 10.0 Å². The third kappa shape index (κ3) is 6.22. The van der Waals surface area contributed by atoms with Crippen LogP contribution in [0, 0.1) is 5.82 Å². The van der Waals surface area contributed by atoms with E-state index in [0.717, 1.165) is 18.4 Å². The molecule has 1 fully saturated rings. The second-order valence-electron chi connectivity index (χ2n) is 6.18. The summed E-state index contributed by atoms with van der Waals surface area (Å²) in [4.78, 5) is 25.8. The molecule has 0 atom stereocenters. The van der Waals surface area contributed by atoms with Crippen molar-refractivity contribution in [2.75, 3.05) is 25.9 Å². The Kier molecular flexibility index (Phi) is 6.96. The second kappa shape index (κ2) is 8.79. The molecule has 144 valence electrons. The van der Waals surface area contributed by atoms with E-state index in [9.17, 15) is 22.4 Å². The number of rotatable bonds is 6. The van der Waals surface area contributed by atoms with Crippen LogP contribution < -0.4 is 10.0 Å². The van der Waals surface area contributed by atoms with E-state index in [4.69, 9.17) is 11.6 Å². The topological polar surface area (TPSA) is 95.6 Å². The van der Waals surface area contributed by atoms with Crippen molar-refractivity contribution in [1.29, 1.82) is 0 Å². The molecule has 1 aromatic carbocycles. The number of hydrogen-bond donors (Lipinski definition) is 2. The molecule has 10 heteroatoms. The predicted molar refractivity (Wildman–Crippen MR) is 95.9 cm³/mol. The summed E-state index contributed by atoms with van der Waals surface area (Å²) >= 11 is 5.82. The van der Waals surface area contributed by atoms with Crippen molar-refractivity contribution in [1.82, 2.24) is 14.9 Å². The van der Waals surface area contributed by atoms with Crippen LogP contribution in [0.4, 0.5) is 4.39 Å².